The molecule has 0 saturated carbocycles. The lowest BCUT2D eigenvalue weighted by Crippen LogP contribution is -2.39. The Morgan fingerprint density at radius 3 is 2.43 bits per heavy atom. The summed E-state index contributed by atoms with van der Waals surface area (Å²) in [7, 11) is 0. The van der Waals surface area contributed by atoms with Crippen LogP contribution in [0.25, 0.3) is 0 Å². The van der Waals surface area contributed by atoms with Crippen LogP contribution in [0, 0.1) is 0 Å². The first-order valence-electron chi connectivity index (χ1n) is 14.2. The molecule has 2 heterocycles. The maximum atomic E-state index is 13.1. The van der Waals surface area contributed by atoms with Crippen molar-refractivity contribution in [3.05, 3.63) is 93.2 Å². The van der Waals surface area contributed by atoms with E-state index < -0.39 is 24.0 Å². The van der Waals surface area contributed by atoms with Crippen molar-refractivity contribution in [2.75, 3.05) is 19.7 Å². The van der Waals surface area contributed by atoms with Gasteiger partial charge in [-0.05, 0) is 41.4 Å². The van der Waals surface area contributed by atoms with E-state index in [9.17, 15) is 19.2 Å². The quantitative estimate of drug-likeness (QED) is 0.352. The Kier molecular flexibility index (Phi) is 9.77. The third-order valence-electron chi connectivity index (χ3n) is 7.18. The molecule has 1 aromatic heterocycles. The van der Waals surface area contributed by atoms with Gasteiger partial charge in [-0.3, -0.25) is 19.2 Å². The van der Waals surface area contributed by atoms with Crippen LogP contribution in [0.2, 0.25) is 0 Å². The summed E-state index contributed by atoms with van der Waals surface area (Å²) in [6, 6.07) is 17.6. The number of rotatable bonds is 10. The van der Waals surface area contributed by atoms with Crippen LogP contribution >= 0.6 is 0 Å². The summed E-state index contributed by atoms with van der Waals surface area (Å²) in [5.74, 6) is -1.46. The van der Waals surface area contributed by atoms with Crippen molar-refractivity contribution in [3.63, 3.8) is 0 Å². The lowest BCUT2D eigenvalue weighted by Gasteiger charge is -2.32. The Labute approximate surface area is 245 Å². The number of piperidine rings is 1. The van der Waals surface area contributed by atoms with E-state index in [0.717, 1.165) is 17.5 Å². The summed E-state index contributed by atoms with van der Waals surface area (Å²) in [5.41, 5.74) is 2.29. The molecule has 10 nitrogen and oxygen atoms in total. The van der Waals surface area contributed by atoms with E-state index in [1.54, 1.807) is 11.8 Å². The Morgan fingerprint density at radius 2 is 1.79 bits per heavy atom. The summed E-state index contributed by atoms with van der Waals surface area (Å²) in [5, 5.41) is 2.44. The highest BCUT2D eigenvalue weighted by Crippen LogP contribution is 2.31. The summed E-state index contributed by atoms with van der Waals surface area (Å²) < 4.78 is 10.6. The minimum Gasteiger partial charge on any atom is -0.481 e. The van der Waals surface area contributed by atoms with E-state index in [1.165, 1.54) is 5.56 Å². The second-order valence-electron chi connectivity index (χ2n) is 11.3. The molecule has 1 fully saturated rings. The largest absolute Gasteiger partial charge is 0.481 e. The zero-order valence-corrected chi connectivity index (χ0v) is 24.6. The molecule has 2 aromatic carbocycles. The number of amides is 2. The van der Waals surface area contributed by atoms with Crippen molar-refractivity contribution in [1.82, 2.24) is 20.2 Å². The van der Waals surface area contributed by atoms with Crippen molar-refractivity contribution >= 4 is 17.8 Å². The highest BCUT2D eigenvalue weighted by Gasteiger charge is 2.29. The highest BCUT2D eigenvalue weighted by atomic mass is 16.5. The van der Waals surface area contributed by atoms with Gasteiger partial charge in [0.1, 0.15) is 19.0 Å². The number of aromatic nitrogens is 2. The van der Waals surface area contributed by atoms with E-state index in [0.29, 0.717) is 13.0 Å². The molecule has 1 aliphatic rings. The predicted molar refractivity (Wildman–Crippen MR) is 157 cm³/mol. The van der Waals surface area contributed by atoms with Gasteiger partial charge < -0.3 is 24.7 Å². The van der Waals surface area contributed by atoms with Crippen LogP contribution in [0.4, 0.5) is 0 Å². The topological polar surface area (TPSA) is 131 Å². The van der Waals surface area contributed by atoms with Gasteiger partial charge in [0.05, 0.1) is 13.2 Å². The maximum Gasteiger partial charge on any atom is 0.325 e. The number of hydrogen-bond acceptors (Lipinski definition) is 7. The second kappa shape index (κ2) is 13.5. The fourth-order valence-electron chi connectivity index (χ4n) is 4.82. The number of carbonyl (C=O) groups is 3. The summed E-state index contributed by atoms with van der Waals surface area (Å²) >= 11 is 0. The first kappa shape index (κ1) is 30.5. The average Bonchev–Trinajstić information content (AvgIpc) is 2.96. The Balaban J connectivity index is 1.49. The highest BCUT2D eigenvalue weighted by molar-refractivity contribution is 5.96. The lowest BCUT2D eigenvalue weighted by atomic mass is 9.83. The standard InChI is InChI=1S/C32H38N4O6/c1-5-41-27(38)18-33-30(39)28-29(42-20-21-9-7-6-8-10-21)31(40)35-25(34-28)19-36-16-15-23(17-26(36)37)22-11-13-24(14-12-22)32(2,3)4/h6-14,23H,5,15-20H2,1-4H3,(H,33,39)(H,34,35,40). The van der Waals surface area contributed by atoms with Crippen LogP contribution in [-0.2, 0) is 32.9 Å². The van der Waals surface area contributed by atoms with Gasteiger partial charge in [-0.25, -0.2) is 4.98 Å². The van der Waals surface area contributed by atoms with Crippen LogP contribution in [-0.4, -0.2) is 52.3 Å². The smallest absolute Gasteiger partial charge is 0.325 e. The van der Waals surface area contributed by atoms with Crippen molar-refractivity contribution in [2.45, 2.75) is 65.0 Å². The predicted octanol–water partition coefficient (Wildman–Crippen LogP) is 3.85. The maximum absolute atomic E-state index is 13.1. The van der Waals surface area contributed by atoms with E-state index in [1.807, 2.05) is 30.3 Å². The Morgan fingerprint density at radius 1 is 1.07 bits per heavy atom. The summed E-state index contributed by atoms with van der Waals surface area (Å²) in [6.07, 6.45) is 1.10. The van der Waals surface area contributed by atoms with Gasteiger partial charge in [0, 0.05) is 13.0 Å². The fourth-order valence-corrected chi connectivity index (χ4v) is 4.82. The summed E-state index contributed by atoms with van der Waals surface area (Å²) in [6.45, 7) is 8.47. The zero-order chi connectivity index (χ0) is 30.3. The third-order valence-corrected chi connectivity index (χ3v) is 7.18. The number of likely N-dealkylation sites (tertiary alicyclic amines) is 1. The first-order chi connectivity index (χ1) is 20.0. The molecule has 10 heteroatoms. The molecule has 42 heavy (non-hydrogen) atoms. The van der Waals surface area contributed by atoms with Crippen molar-refractivity contribution in [1.29, 1.82) is 0 Å². The molecule has 0 aliphatic carbocycles. The van der Waals surface area contributed by atoms with Crippen LogP contribution in [0.1, 0.15) is 79.5 Å². The number of ether oxygens (including phenoxy) is 2. The van der Waals surface area contributed by atoms with Crippen molar-refractivity contribution < 1.29 is 23.9 Å². The van der Waals surface area contributed by atoms with E-state index in [4.69, 9.17) is 9.47 Å². The van der Waals surface area contributed by atoms with E-state index >= 15 is 0 Å². The number of aromatic amines is 1. The van der Waals surface area contributed by atoms with Gasteiger partial charge in [0.2, 0.25) is 11.7 Å². The Hall–Kier alpha value is -4.47. The van der Waals surface area contributed by atoms with E-state index in [-0.39, 0.29) is 54.3 Å². The molecule has 3 aromatic rings. The molecule has 1 aliphatic heterocycles. The molecule has 1 unspecified atom stereocenters. The van der Waals surface area contributed by atoms with Gasteiger partial charge in [-0.2, -0.15) is 0 Å². The number of nitrogens with one attached hydrogen (secondary N) is 2. The molecular formula is C32H38N4O6. The second-order valence-corrected chi connectivity index (χ2v) is 11.3. The zero-order valence-electron chi connectivity index (χ0n) is 24.6. The van der Waals surface area contributed by atoms with Gasteiger partial charge in [0.25, 0.3) is 11.5 Å². The monoisotopic (exact) mass is 574 g/mol. The van der Waals surface area contributed by atoms with Crippen LogP contribution in [0.5, 0.6) is 5.75 Å². The number of carbonyl (C=O) groups excluding carboxylic acids is 3. The minimum absolute atomic E-state index is 0.0286. The van der Waals surface area contributed by atoms with Gasteiger partial charge in [-0.1, -0.05) is 75.4 Å². The molecular weight excluding hydrogens is 536 g/mol. The number of nitrogens with zero attached hydrogens (tertiary/aromatic N) is 2. The molecule has 2 amide bonds. The first-order valence-corrected chi connectivity index (χ1v) is 14.2. The SMILES string of the molecule is CCOC(=O)CNC(=O)c1nc(CN2CCC(c3ccc(C(C)(C)C)cc3)CC2=O)[nH]c(=O)c1OCc1ccccc1. The molecule has 2 N–H and O–H groups in total. The molecule has 222 valence electrons. The Bertz CT molecular complexity index is 1460. The van der Waals surface area contributed by atoms with Gasteiger partial charge in [-0.15, -0.1) is 0 Å². The molecule has 0 spiro atoms. The molecule has 0 bridgehead atoms. The summed E-state index contributed by atoms with van der Waals surface area (Å²) in [4.78, 5) is 59.7. The average molecular weight is 575 g/mol. The normalized spacial score (nSPS) is 15.3. The van der Waals surface area contributed by atoms with Gasteiger partial charge >= 0.3 is 5.97 Å². The van der Waals surface area contributed by atoms with Crippen molar-refractivity contribution in [3.8, 4) is 5.75 Å². The molecule has 4 rings (SSSR count). The fraction of sp³-hybridized carbons (Fsp3) is 0.406. The van der Waals surface area contributed by atoms with Gasteiger partial charge in [0.15, 0.2) is 5.69 Å². The lowest BCUT2D eigenvalue weighted by molar-refractivity contribution is -0.141. The number of benzene rings is 2. The number of H-pyrrole nitrogens is 1. The third kappa shape index (κ3) is 7.84. The number of esters is 1. The van der Waals surface area contributed by atoms with Crippen LogP contribution in [0.15, 0.2) is 59.4 Å². The number of hydrogen-bond donors (Lipinski definition) is 2. The minimum atomic E-state index is -0.762. The molecule has 1 saturated heterocycles. The molecule has 0 radical (unpaired) electrons. The van der Waals surface area contributed by atoms with Crippen molar-refractivity contribution in [2.24, 2.45) is 0 Å². The van der Waals surface area contributed by atoms with Crippen LogP contribution < -0.4 is 15.6 Å². The molecule has 1 atom stereocenters. The van der Waals surface area contributed by atoms with Crippen LogP contribution in [0.3, 0.4) is 0 Å². The van der Waals surface area contributed by atoms with E-state index in [2.05, 4.69) is 60.3 Å².